The molecule has 1 rings (SSSR count). The molecule has 0 fully saturated rings. The van der Waals surface area contributed by atoms with E-state index in [2.05, 4.69) is 5.32 Å². The van der Waals surface area contributed by atoms with Crippen LogP contribution in [0.3, 0.4) is 0 Å². The Morgan fingerprint density at radius 3 is 2.39 bits per heavy atom. The highest BCUT2D eigenvalue weighted by Gasteiger charge is 2.09. The summed E-state index contributed by atoms with van der Waals surface area (Å²) in [7, 11) is 0. The molecule has 0 bridgehead atoms. The molecule has 3 N–H and O–H groups in total. The molecule has 0 saturated heterocycles. The molecule has 1 aromatic carbocycles. The minimum Gasteiger partial charge on any atom is -0.491 e. The molecule has 0 aliphatic heterocycles. The van der Waals surface area contributed by atoms with Crippen LogP contribution in [-0.2, 0) is 4.79 Å². The maximum absolute atomic E-state index is 11.4. The third-order valence-electron chi connectivity index (χ3n) is 2.22. The molecule has 5 heteroatoms. The molecule has 0 heterocycles. The van der Waals surface area contributed by atoms with Crippen molar-refractivity contribution in [3.8, 4) is 5.75 Å². The Kier molecular flexibility index (Phi) is 6.73. The lowest BCUT2D eigenvalue weighted by Gasteiger charge is -2.14. The number of hydrogen-bond donors (Lipinski definition) is 2. The van der Waals surface area contributed by atoms with E-state index >= 15 is 0 Å². The number of halogens is 1. The molecule has 4 nitrogen and oxygen atoms in total. The highest BCUT2D eigenvalue weighted by Crippen LogP contribution is 2.22. The standard InChI is InChI=1S/C13H20N2O2.ClH/c1-8(2)17-12-6-5-11(7-9(12)3)15-13(16)10(4)14;/h5-8,10H,14H2,1-4H3,(H,15,16);1H/t10-;/m0./s1. The molecule has 1 atom stereocenters. The van der Waals surface area contributed by atoms with Crippen molar-refractivity contribution in [2.75, 3.05) is 5.32 Å². The molecule has 0 aliphatic carbocycles. The summed E-state index contributed by atoms with van der Waals surface area (Å²) in [6.45, 7) is 7.55. The zero-order valence-electron chi connectivity index (χ0n) is 11.2. The summed E-state index contributed by atoms with van der Waals surface area (Å²) >= 11 is 0. The number of carbonyl (C=O) groups excluding carboxylic acids is 1. The van der Waals surface area contributed by atoms with Crippen molar-refractivity contribution in [1.29, 1.82) is 0 Å². The lowest BCUT2D eigenvalue weighted by atomic mass is 10.2. The summed E-state index contributed by atoms with van der Waals surface area (Å²) in [6.07, 6.45) is 0.137. The first-order valence-corrected chi connectivity index (χ1v) is 5.74. The molecular formula is C13H21ClN2O2. The van der Waals surface area contributed by atoms with Gasteiger partial charge in [0, 0.05) is 5.69 Å². The number of ether oxygens (including phenoxy) is 1. The Balaban J connectivity index is 0.00000289. The number of rotatable bonds is 4. The average molecular weight is 273 g/mol. The van der Waals surface area contributed by atoms with E-state index in [-0.39, 0.29) is 24.4 Å². The molecule has 0 spiro atoms. The Hall–Kier alpha value is -1.26. The van der Waals surface area contributed by atoms with Crippen LogP contribution in [0, 0.1) is 6.92 Å². The lowest BCUT2D eigenvalue weighted by Crippen LogP contribution is -2.32. The van der Waals surface area contributed by atoms with Gasteiger partial charge in [-0.05, 0) is 51.5 Å². The van der Waals surface area contributed by atoms with E-state index in [1.807, 2.05) is 39.0 Å². The fourth-order valence-corrected chi connectivity index (χ4v) is 1.37. The van der Waals surface area contributed by atoms with Gasteiger partial charge in [-0.1, -0.05) is 0 Å². The van der Waals surface area contributed by atoms with Crippen molar-refractivity contribution in [2.45, 2.75) is 39.8 Å². The lowest BCUT2D eigenvalue weighted by molar-refractivity contribution is -0.117. The predicted molar refractivity (Wildman–Crippen MR) is 76.5 cm³/mol. The molecule has 1 amide bonds. The Morgan fingerprint density at radius 1 is 1.33 bits per heavy atom. The number of nitrogens with two attached hydrogens (primary N) is 1. The second-order valence-corrected chi connectivity index (χ2v) is 4.42. The van der Waals surface area contributed by atoms with Crippen LogP contribution in [-0.4, -0.2) is 18.1 Å². The molecule has 0 unspecified atom stereocenters. The van der Waals surface area contributed by atoms with E-state index in [4.69, 9.17) is 10.5 Å². The van der Waals surface area contributed by atoms with Gasteiger partial charge in [0.15, 0.2) is 0 Å². The maximum Gasteiger partial charge on any atom is 0.240 e. The monoisotopic (exact) mass is 272 g/mol. The van der Waals surface area contributed by atoms with Crippen LogP contribution in [0.5, 0.6) is 5.75 Å². The summed E-state index contributed by atoms with van der Waals surface area (Å²) in [5, 5.41) is 2.74. The second-order valence-electron chi connectivity index (χ2n) is 4.42. The van der Waals surface area contributed by atoms with Crippen molar-refractivity contribution in [3.63, 3.8) is 0 Å². The van der Waals surface area contributed by atoms with Crippen LogP contribution in [0.4, 0.5) is 5.69 Å². The average Bonchev–Trinajstić information content (AvgIpc) is 2.21. The van der Waals surface area contributed by atoms with Gasteiger partial charge in [-0.25, -0.2) is 0 Å². The SMILES string of the molecule is Cc1cc(NC(=O)[C@H](C)N)ccc1OC(C)C.Cl. The van der Waals surface area contributed by atoms with Crippen LogP contribution >= 0.6 is 12.4 Å². The number of nitrogens with one attached hydrogen (secondary N) is 1. The van der Waals surface area contributed by atoms with Crippen LogP contribution in [0.25, 0.3) is 0 Å². The van der Waals surface area contributed by atoms with Crippen molar-refractivity contribution < 1.29 is 9.53 Å². The van der Waals surface area contributed by atoms with E-state index in [1.165, 1.54) is 0 Å². The number of anilines is 1. The van der Waals surface area contributed by atoms with Gasteiger partial charge < -0.3 is 15.8 Å². The highest BCUT2D eigenvalue weighted by atomic mass is 35.5. The third kappa shape index (κ3) is 4.94. The first kappa shape index (κ1) is 16.7. The minimum atomic E-state index is -0.512. The normalized spacial score (nSPS) is 11.7. The molecule has 18 heavy (non-hydrogen) atoms. The van der Waals surface area contributed by atoms with Crippen molar-refractivity contribution in [2.24, 2.45) is 5.73 Å². The van der Waals surface area contributed by atoms with Gasteiger partial charge >= 0.3 is 0 Å². The summed E-state index contributed by atoms with van der Waals surface area (Å²) in [5.41, 5.74) is 7.21. The summed E-state index contributed by atoms with van der Waals surface area (Å²) in [6, 6.07) is 5.02. The first-order chi connectivity index (χ1) is 7.90. The van der Waals surface area contributed by atoms with E-state index in [9.17, 15) is 4.79 Å². The molecule has 0 aromatic heterocycles. The van der Waals surface area contributed by atoms with E-state index in [0.29, 0.717) is 0 Å². The van der Waals surface area contributed by atoms with Gasteiger partial charge in [0.05, 0.1) is 12.1 Å². The van der Waals surface area contributed by atoms with Gasteiger partial charge in [0.1, 0.15) is 5.75 Å². The summed E-state index contributed by atoms with van der Waals surface area (Å²) in [5.74, 6) is 0.640. The molecule has 102 valence electrons. The van der Waals surface area contributed by atoms with Gasteiger partial charge in [-0.3, -0.25) is 4.79 Å². The largest absolute Gasteiger partial charge is 0.491 e. The van der Waals surface area contributed by atoms with E-state index in [0.717, 1.165) is 17.0 Å². The van der Waals surface area contributed by atoms with Crippen LogP contribution < -0.4 is 15.8 Å². The number of hydrogen-bond acceptors (Lipinski definition) is 3. The number of amides is 1. The smallest absolute Gasteiger partial charge is 0.240 e. The minimum absolute atomic E-state index is 0. The zero-order chi connectivity index (χ0) is 13.0. The quantitative estimate of drug-likeness (QED) is 0.885. The predicted octanol–water partition coefficient (Wildman–Crippen LogP) is 2.49. The first-order valence-electron chi connectivity index (χ1n) is 5.74. The van der Waals surface area contributed by atoms with E-state index < -0.39 is 6.04 Å². The molecule has 0 radical (unpaired) electrons. The number of carbonyl (C=O) groups is 1. The van der Waals surface area contributed by atoms with Gasteiger partial charge in [-0.15, -0.1) is 12.4 Å². The summed E-state index contributed by atoms with van der Waals surface area (Å²) < 4.78 is 5.61. The Morgan fingerprint density at radius 2 is 1.94 bits per heavy atom. The van der Waals surface area contributed by atoms with Gasteiger partial charge in [-0.2, -0.15) is 0 Å². The Labute approximate surface area is 114 Å². The van der Waals surface area contributed by atoms with Crippen molar-refractivity contribution in [3.05, 3.63) is 23.8 Å². The molecule has 0 saturated carbocycles. The fourth-order valence-electron chi connectivity index (χ4n) is 1.37. The molecule has 0 aliphatic rings. The van der Waals surface area contributed by atoms with Gasteiger partial charge in [0.2, 0.25) is 5.91 Å². The maximum atomic E-state index is 11.4. The third-order valence-corrected chi connectivity index (χ3v) is 2.22. The highest BCUT2D eigenvalue weighted by molar-refractivity contribution is 5.94. The van der Waals surface area contributed by atoms with Crippen LogP contribution in [0.15, 0.2) is 18.2 Å². The number of benzene rings is 1. The van der Waals surface area contributed by atoms with E-state index in [1.54, 1.807) is 6.92 Å². The molecule has 1 aromatic rings. The fraction of sp³-hybridized carbons (Fsp3) is 0.462. The summed E-state index contributed by atoms with van der Waals surface area (Å²) in [4.78, 5) is 11.4. The van der Waals surface area contributed by atoms with Gasteiger partial charge in [0.25, 0.3) is 0 Å². The van der Waals surface area contributed by atoms with Crippen LogP contribution in [0.1, 0.15) is 26.3 Å². The van der Waals surface area contributed by atoms with Crippen molar-refractivity contribution in [1.82, 2.24) is 0 Å². The Bertz CT molecular complexity index is 406. The van der Waals surface area contributed by atoms with Crippen molar-refractivity contribution >= 4 is 24.0 Å². The molecular weight excluding hydrogens is 252 g/mol. The zero-order valence-corrected chi connectivity index (χ0v) is 12.0. The second kappa shape index (κ2) is 7.24. The van der Waals surface area contributed by atoms with Crippen LogP contribution in [0.2, 0.25) is 0 Å². The number of aryl methyl sites for hydroxylation is 1. The topological polar surface area (TPSA) is 64.4 Å².